The Balaban J connectivity index is 2.36. The van der Waals surface area contributed by atoms with Crippen LogP contribution in [0.3, 0.4) is 0 Å². The van der Waals surface area contributed by atoms with Crippen molar-refractivity contribution in [1.29, 1.82) is 0 Å². The minimum Gasteiger partial charge on any atom is -0.478 e. The molecule has 1 aromatic heterocycles. The van der Waals surface area contributed by atoms with Crippen molar-refractivity contribution < 1.29 is 4.74 Å². The highest BCUT2D eigenvalue weighted by molar-refractivity contribution is 5.22. The van der Waals surface area contributed by atoms with E-state index in [1.807, 2.05) is 4.68 Å². The molecule has 0 N–H and O–H groups in total. The third-order valence-electron chi connectivity index (χ3n) is 2.28. The number of ether oxygens (including phenoxy) is 1. The molecule has 1 aliphatic rings. The summed E-state index contributed by atoms with van der Waals surface area (Å²) in [4.78, 5) is 0. The fourth-order valence-electron chi connectivity index (χ4n) is 1.43. The lowest BCUT2D eigenvalue weighted by atomic mass is 9.93. The molecule has 0 spiro atoms. The molecule has 0 fully saturated rings. The van der Waals surface area contributed by atoms with Crippen LogP contribution in [0.4, 0.5) is 0 Å². The summed E-state index contributed by atoms with van der Waals surface area (Å²) in [5.41, 5.74) is 1.23. The van der Waals surface area contributed by atoms with Crippen molar-refractivity contribution in [2.75, 3.05) is 6.61 Å². The summed E-state index contributed by atoms with van der Waals surface area (Å²) in [6.07, 6.45) is 1.07. The number of hydrogen-bond donors (Lipinski definition) is 0. The van der Waals surface area contributed by atoms with Crippen molar-refractivity contribution in [1.82, 2.24) is 9.78 Å². The van der Waals surface area contributed by atoms with E-state index in [2.05, 4.69) is 31.9 Å². The summed E-state index contributed by atoms with van der Waals surface area (Å²) in [7, 11) is 0. The van der Waals surface area contributed by atoms with Crippen LogP contribution >= 0.6 is 0 Å². The van der Waals surface area contributed by atoms with Crippen LogP contribution in [0.2, 0.25) is 0 Å². The number of aryl methyl sites for hydroxylation is 1. The van der Waals surface area contributed by atoms with Crippen molar-refractivity contribution in [2.24, 2.45) is 0 Å². The van der Waals surface area contributed by atoms with Crippen molar-refractivity contribution in [3.63, 3.8) is 0 Å². The molecule has 3 heteroatoms. The Hall–Kier alpha value is -0.990. The third kappa shape index (κ3) is 1.55. The zero-order valence-electron chi connectivity index (χ0n) is 8.50. The van der Waals surface area contributed by atoms with E-state index in [4.69, 9.17) is 4.74 Å². The van der Waals surface area contributed by atoms with Gasteiger partial charge >= 0.3 is 0 Å². The van der Waals surface area contributed by atoms with E-state index >= 15 is 0 Å². The lowest BCUT2D eigenvalue weighted by Gasteiger charge is -2.14. The van der Waals surface area contributed by atoms with Gasteiger partial charge in [-0.25, -0.2) is 4.68 Å². The monoisotopic (exact) mass is 180 g/mol. The Morgan fingerprint density at radius 3 is 2.85 bits per heavy atom. The molecule has 72 valence electrons. The molecule has 2 heterocycles. The van der Waals surface area contributed by atoms with Crippen molar-refractivity contribution in [2.45, 2.75) is 39.2 Å². The maximum atomic E-state index is 5.50. The first-order chi connectivity index (χ1) is 6.07. The molecular formula is C10H16N2O. The molecule has 0 aliphatic carbocycles. The minimum atomic E-state index is 0.119. The van der Waals surface area contributed by atoms with E-state index in [0.717, 1.165) is 31.1 Å². The lowest BCUT2D eigenvalue weighted by Crippen LogP contribution is -2.16. The Morgan fingerprint density at radius 1 is 1.46 bits per heavy atom. The fourth-order valence-corrected chi connectivity index (χ4v) is 1.43. The largest absolute Gasteiger partial charge is 0.478 e. The van der Waals surface area contributed by atoms with Crippen LogP contribution in [0.25, 0.3) is 0 Å². The summed E-state index contributed by atoms with van der Waals surface area (Å²) in [6.45, 7) is 8.32. The molecule has 13 heavy (non-hydrogen) atoms. The Labute approximate surface area is 78.7 Å². The second-order valence-corrected chi connectivity index (χ2v) is 4.54. The van der Waals surface area contributed by atoms with Gasteiger partial charge in [-0.1, -0.05) is 20.8 Å². The van der Waals surface area contributed by atoms with Gasteiger partial charge < -0.3 is 4.74 Å². The van der Waals surface area contributed by atoms with Gasteiger partial charge in [0.25, 0.3) is 0 Å². The molecule has 0 saturated heterocycles. The van der Waals surface area contributed by atoms with Gasteiger partial charge in [0.2, 0.25) is 5.88 Å². The topological polar surface area (TPSA) is 27.1 Å². The molecule has 3 nitrogen and oxygen atoms in total. The Bertz CT molecular complexity index is 286. The molecule has 0 bridgehead atoms. The SMILES string of the molecule is CC(C)(C)c1cc2n(n1)CCCO2. The average Bonchev–Trinajstić information content (AvgIpc) is 2.45. The fraction of sp³-hybridized carbons (Fsp3) is 0.700. The van der Waals surface area contributed by atoms with E-state index in [9.17, 15) is 0 Å². The summed E-state index contributed by atoms with van der Waals surface area (Å²) >= 11 is 0. The molecule has 1 aliphatic heterocycles. The number of nitrogens with zero attached hydrogens (tertiary/aromatic N) is 2. The normalized spacial score (nSPS) is 16.5. The molecule has 0 amide bonds. The number of fused-ring (bicyclic) bond motifs is 1. The molecule has 0 aromatic carbocycles. The van der Waals surface area contributed by atoms with Gasteiger partial charge in [0.15, 0.2) is 0 Å². The highest BCUT2D eigenvalue weighted by atomic mass is 16.5. The smallest absolute Gasteiger partial charge is 0.211 e. The summed E-state index contributed by atoms with van der Waals surface area (Å²) in [6, 6.07) is 2.05. The first kappa shape index (κ1) is 8.60. The predicted molar refractivity (Wildman–Crippen MR) is 51.0 cm³/mol. The zero-order chi connectivity index (χ0) is 9.47. The van der Waals surface area contributed by atoms with Crippen LogP contribution in [0.5, 0.6) is 5.88 Å². The van der Waals surface area contributed by atoms with Crippen LogP contribution in [0, 0.1) is 0 Å². The quantitative estimate of drug-likeness (QED) is 0.610. The lowest BCUT2D eigenvalue weighted by molar-refractivity contribution is 0.230. The zero-order valence-corrected chi connectivity index (χ0v) is 8.50. The summed E-state index contributed by atoms with van der Waals surface area (Å²) in [5, 5.41) is 4.51. The molecule has 0 radical (unpaired) electrons. The average molecular weight is 180 g/mol. The van der Waals surface area contributed by atoms with E-state index in [1.54, 1.807) is 0 Å². The molecular weight excluding hydrogens is 164 g/mol. The van der Waals surface area contributed by atoms with Crippen LogP contribution in [0.1, 0.15) is 32.9 Å². The Morgan fingerprint density at radius 2 is 2.23 bits per heavy atom. The number of aromatic nitrogens is 2. The first-order valence-electron chi connectivity index (χ1n) is 4.78. The van der Waals surface area contributed by atoms with Crippen molar-refractivity contribution >= 4 is 0 Å². The summed E-state index contributed by atoms with van der Waals surface area (Å²) < 4.78 is 7.46. The molecule has 0 saturated carbocycles. The van der Waals surface area contributed by atoms with Crippen LogP contribution in [-0.2, 0) is 12.0 Å². The highest BCUT2D eigenvalue weighted by Gasteiger charge is 2.21. The van der Waals surface area contributed by atoms with Crippen LogP contribution < -0.4 is 4.74 Å². The van der Waals surface area contributed by atoms with Crippen LogP contribution in [0.15, 0.2) is 6.07 Å². The van der Waals surface area contributed by atoms with E-state index < -0.39 is 0 Å². The Kier molecular flexibility index (Phi) is 1.82. The van der Waals surface area contributed by atoms with E-state index in [-0.39, 0.29) is 5.41 Å². The second-order valence-electron chi connectivity index (χ2n) is 4.54. The maximum absolute atomic E-state index is 5.50. The van der Waals surface area contributed by atoms with Crippen molar-refractivity contribution in [3.05, 3.63) is 11.8 Å². The predicted octanol–water partition coefficient (Wildman–Crippen LogP) is 1.96. The van der Waals surface area contributed by atoms with E-state index in [1.165, 1.54) is 0 Å². The van der Waals surface area contributed by atoms with Gasteiger partial charge in [-0.3, -0.25) is 0 Å². The van der Waals surface area contributed by atoms with Crippen molar-refractivity contribution in [3.8, 4) is 5.88 Å². The number of hydrogen-bond acceptors (Lipinski definition) is 2. The standard InChI is InChI=1S/C10H16N2O/c1-10(2,3)8-7-9-12(11-8)5-4-6-13-9/h7H,4-6H2,1-3H3. The minimum absolute atomic E-state index is 0.119. The van der Waals surface area contributed by atoms with Gasteiger partial charge in [-0.15, -0.1) is 0 Å². The molecule has 1 aromatic rings. The van der Waals surface area contributed by atoms with Gasteiger partial charge in [0, 0.05) is 24.4 Å². The first-order valence-corrected chi connectivity index (χ1v) is 4.78. The van der Waals surface area contributed by atoms with Gasteiger partial charge in [-0.05, 0) is 0 Å². The highest BCUT2D eigenvalue weighted by Crippen LogP contribution is 2.26. The van der Waals surface area contributed by atoms with E-state index in [0.29, 0.717) is 0 Å². The third-order valence-corrected chi connectivity index (χ3v) is 2.28. The summed E-state index contributed by atoms with van der Waals surface area (Å²) in [5.74, 6) is 0.927. The van der Waals surface area contributed by atoms with Gasteiger partial charge in [-0.2, -0.15) is 5.10 Å². The molecule has 0 unspecified atom stereocenters. The van der Waals surface area contributed by atoms with Crippen LogP contribution in [-0.4, -0.2) is 16.4 Å². The molecule has 0 atom stereocenters. The second kappa shape index (κ2) is 2.76. The maximum Gasteiger partial charge on any atom is 0.211 e. The number of rotatable bonds is 0. The molecule has 2 rings (SSSR count). The van der Waals surface area contributed by atoms with Gasteiger partial charge in [0.05, 0.1) is 12.3 Å². The van der Waals surface area contributed by atoms with Gasteiger partial charge in [0.1, 0.15) is 0 Å².